The van der Waals surface area contributed by atoms with Crippen molar-refractivity contribution in [3.63, 3.8) is 0 Å². The Bertz CT molecular complexity index is 821. The molecule has 0 aromatic heterocycles. The Morgan fingerprint density at radius 3 is 2.52 bits per heavy atom. The molecule has 1 aromatic rings. The number of hydrogen-bond donors (Lipinski definition) is 3. The molecule has 160 valence electrons. The zero-order chi connectivity index (χ0) is 21.4. The lowest BCUT2D eigenvalue weighted by atomic mass is 9.80. The van der Waals surface area contributed by atoms with Gasteiger partial charge in [-0.15, -0.1) is 0 Å². The van der Waals surface area contributed by atoms with Gasteiger partial charge in [-0.3, -0.25) is 9.59 Å². The highest BCUT2D eigenvalue weighted by Crippen LogP contribution is 2.25. The van der Waals surface area contributed by atoms with Crippen LogP contribution in [0.4, 0.5) is 0 Å². The fraction of sp³-hybridized carbons (Fsp3) is 0.556. The smallest absolute Gasteiger partial charge is 0.488 e. The van der Waals surface area contributed by atoms with Crippen LogP contribution in [0, 0.1) is 0 Å². The van der Waals surface area contributed by atoms with E-state index in [1.54, 1.807) is 0 Å². The highest BCUT2D eigenvalue weighted by atomic mass is 32.2. The lowest BCUT2D eigenvalue weighted by Gasteiger charge is -2.24. The second-order valence-electron chi connectivity index (χ2n) is 6.95. The molecule has 0 radical (unpaired) electrons. The molecule has 0 bridgehead atoms. The minimum atomic E-state index is -3.95. The van der Waals surface area contributed by atoms with Gasteiger partial charge in [-0.25, -0.2) is 13.1 Å². The van der Waals surface area contributed by atoms with Crippen molar-refractivity contribution in [1.29, 1.82) is 0 Å². The molecule has 1 fully saturated rings. The lowest BCUT2D eigenvalue weighted by molar-refractivity contribution is -0.140. The molecule has 29 heavy (non-hydrogen) atoms. The van der Waals surface area contributed by atoms with E-state index in [9.17, 15) is 28.1 Å². The Kier molecular flexibility index (Phi) is 8.48. The Balaban J connectivity index is 2.11. The first-order valence-electron chi connectivity index (χ1n) is 9.53. The van der Waals surface area contributed by atoms with Crippen LogP contribution in [0.5, 0.6) is 5.75 Å². The van der Waals surface area contributed by atoms with Crippen molar-refractivity contribution in [2.24, 2.45) is 0 Å². The predicted molar refractivity (Wildman–Crippen MR) is 106 cm³/mol. The molecule has 0 atom stereocenters. The molecule has 0 spiro atoms. The summed E-state index contributed by atoms with van der Waals surface area (Å²) in [6.07, 6.45) is 4.62. The van der Waals surface area contributed by atoms with Crippen LogP contribution in [0.2, 0.25) is 0 Å². The lowest BCUT2D eigenvalue weighted by Crippen LogP contribution is -2.35. The SMILES string of the molecule is CC(=O)OCCCS(=O)(=O)NC(=O)c1ccc(B(O)O)cc1OC1CCCCC1. The molecule has 1 aliphatic carbocycles. The Morgan fingerprint density at radius 1 is 1.21 bits per heavy atom. The van der Waals surface area contributed by atoms with Crippen molar-refractivity contribution >= 4 is 34.5 Å². The summed E-state index contributed by atoms with van der Waals surface area (Å²) in [6, 6.07) is 3.96. The van der Waals surface area contributed by atoms with Crippen LogP contribution >= 0.6 is 0 Å². The topological polar surface area (TPSA) is 139 Å². The Morgan fingerprint density at radius 2 is 1.90 bits per heavy atom. The number of sulfonamides is 1. The van der Waals surface area contributed by atoms with Crippen LogP contribution in [0.25, 0.3) is 0 Å². The summed E-state index contributed by atoms with van der Waals surface area (Å²) in [5, 5.41) is 18.8. The Hall–Kier alpha value is -2.11. The first-order chi connectivity index (χ1) is 13.7. The second kappa shape index (κ2) is 10.6. The standard InChI is InChI=1S/C18H26BNO8S/c1-13(21)27-10-5-11-29(25,26)20-18(22)16-9-8-14(19(23)24)12-17(16)28-15-6-3-2-4-7-15/h8-9,12,15,23-24H,2-7,10-11H2,1H3,(H,20,22). The van der Waals surface area contributed by atoms with Gasteiger partial charge < -0.3 is 19.5 Å². The van der Waals surface area contributed by atoms with Crippen LogP contribution < -0.4 is 14.9 Å². The molecule has 1 aromatic carbocycles. The molecule has 2 rings (SSSR count). The number of carbonyl (C=O) groups excluding carboxylic acids is 2. The molecule has 0 saturated heterocycles. The van der Waals surface area contributed by atoms with Gasteiger partial charge in [-0.05, 0) is 49.7 Å². The van der Waals surface area contributed by atoms with E-state index >= 15 is 0 Å². The summed E-state index contributed by atoms with van der Waals surface area (Å²) in [5.74, 6) is -1.67. The minimum absolute atomic E-state index is 0.0106. The third kappa shape index (κ3) is 7.67. The van der Waals surface area contributed by atoms with Gasteiger partial charge in [0.15, 0.2) is 0 Å². The molecule has 1 saturated carbocycles. The van der Waals surface area contributed by atoms with E-state index in [0.29, 0.717) is 0 Å². The number of benzene rings is 1. The monoisotopic (exact) mass is 427 g/mol. The maximum Gasteiger partial charge on any atom is 0.488 e. The third-order valence-electron chi connectivity index (χ3n) is 4.51. The van der Waals surface area contributed by atoms with E-state index in [2.05, 4.69) is 4.74 Å². The summed E-state index contributed by atoms with van der Waals surface area (Å²) in [5.41, 5.74) is 0.125. The Labute approximate surface area is 170 Å². The number of carbonyl (C=O) groups is 2. The van der Waals surface area contributed by atoms with Crippen molar-refractivity contribution in [3.8, 4) is 5.75 Å². The van der Waals surface area contributed by atoms with E-state index in [-0.39, 0.29) is 35.9 Å². The van der Waals surface area contributed by atoms with Crippen LogP contribution in [0.1, 0.15) is 55.8 Å². The molecule has 0 unspecified atom stereocenters. The van der Waals surface area contributed by atoms with Gasteiger partial charge in [-0.1, -0.05) is 12.5 Å². The molecule has 1 aliphatic rings. The van der Waals surface area contributed by atoms with Gasteiger partial charge >= 0.3 is 13.1 Å². The summed E-state index contributed by atoms with van der Waals surface area (Å²) >= 11 is 0. The largest absolute Gasteiger partial charge is 0.490 e. The van der Waals surface area contributed by atoms with E-state index < -0.39 is 34.8 Å². The fourth-order valence-corrected chi connectivity index (χ4v) is 4.05. The predicted octanol–water partition coefficient (Wildman–Crippen LogP) is 0.0907. The quantitative estimate of drug-likeness (QED) is 0.286. The van der Waals surface area contributed by atoms with Crippen LogP contribution in [0.3, 0.4) is 0 Å². The number of rotatable bonds is 9. The zero-order valence-corrected chi connectivity index (χ0v) is 17.1. The first-order valence-corrected chi connectivity index (χ1v) is 11.2. The third-order valence-corrected chi connectivity index (χ3v) is 5.83. The molecular weight excluding hydrogens is 401 g/mol. The van der Waals surface area contributed by atoms with Crippen molar-refractivity contribution in [2.75, 3.05) is 12.4 Å². The fourth-order valence-electron chi connectivity index (χ4n) is 3.06. The number of nitrogens with one attached hydrogen (secondary N) is 1. The van der Waals surface area contributed by atoms with Crippen LogP contribution in [-0.2, 0) is 19.6 Å². The van der Waals surface area contributed by atoms with Gasteiger partial charge in [0.1, 0.15) is 5.75 Å². The number of esters is 1. The molecule has 0 heterocycles. The number of amides is 1. The van der Waals surface area contributed by atoms with Gasteiger partial charge in [0.05, 0.1) is 24.0 Å². The van der Waals surface area contributed by atoms with E-state index in [4.69, 9.17) is 4.74 Å². The summed E-state index contributed by atoms with van der Waals surface area (Å²) < 4.78 is 36.8. The molecule has 3 N–H and O–H groups in total. The number of hydrogen-bond acceptors (Lipinski definition) is 8. The normalized spacial score (nSPS) is 14.9. The van der Waals surface area contributed by atoms with Crippen molar-refractivity contribution in [1.82, 2.24) is 4.72 Å². The maximum atomic E-state index is 12.6. The van der Waals surface area contributed by atoms with Crippen molar-refractivity contribution < 1.29 is 37.5 Å². The maximum absolute atomic E-state index is 12.6. The van der Waals surface area contributed by atoms with Crippen molar-refractivity contribution in [2.45, 2.75) is 51.6 Å². The van der Waals surface area contributed by atoms with Gasteiger partial charge in [0, 0.05) is 6.92 Å². The average molecular weight is 427 g/mol. The van der Waals surface area contributed by atoms with Gasteiger partial charge in [0.2, 0.25) is 10.0 Å². The highest BCUT2D eigenvalue weighted by molar-refractivity contribution is 7.90. The minimum Gasteiger partial charge on any atom is -0.490 e. The summed E-state index contributed by atoms with van der Waals surface area (Å²) in [6.45, 7) is 1.15. The van der Waals surface area contributed by atoms with E-state index in [1.807, 2.05) is 4.72 Å². The molecule has 9 nitrogen and oxygen atoms in total. The van der Waals surface area contributed by atoms with E-state index in [0.717, 1.165) is 32.1 Å². The molecule has 0 aliphatic heterocycles. The van der Waals surface area contributed by atoms with Crippen LogP contribution in [-0.4, -0.2) is 55.9 Å². The molecule has 11 heteroatoms. The van der Waals surface area contributed by atoms with Gasteiger partial charge in [-0.2, -0.15) is 0 Å². The summed E-state index contributed by atoms with van der Waals surface area (Å²) in [4.78, 5) is 23.3. The van der Waals surface area contributed by atoms with E-state index in [1.165, 1.54) is 25.1 Å². The van der Waals surface area contributed by atoms with Gasteiger partial charge in [0.25, 0.3) is 5.91 Å². The van der Waals surface area contributed by atoms with Crippen molar-refractivity contribution in [3.05, 3.63) is 23.8 Å². The van der Waals surface area contributed by atoms with Crippen LogP contribution in [0.15, 0.2) is 18.2 Å². The molecular formula is C18H26BNO8S. The summed E-state index contributed by atoms with van der Waals surface area (Å²) in [7, 11) is -5.69. The number of ether oxygens (including phenoxy) is 2. The molecule has 1 amide bonds. The first kappa shape index (κ1) is 23.2. The zero-order valence-electron chi connectivity index (χ0n) is 16.3. The average Bonchev–Trinajstić information content (AvgIpc) is 2.65. The highest BCUT2D eigenvalue weighted by Gasteiger charge is 2.24. The second-order valence-corrected chi connectivity index (χ2v) is 8.79.